The molecular weight excluding hydrogens is 188 g/mol. The van der Waals surface area contributed by atoms with Crippen molar-refractivity contribution in [2.45, 2.75) is 60.3 Å². The van der Waals surface area contributed by atoms with Gasteiger partial charge in [-0.2, -0.15) is 0 Å². The standard InChI is InChI=1S/C13H28O2/c1-6-8-9-12(7-2)10-14-15-11-13(3,4)5/h12H,6-11H2,1-5H3. The molecule has 0 rings (SSSR count). The van der Waals surface area contributed by atoms with Gasteiger partial charge in [0.2, 0.25) is 0 Å². The highest BCUT2D eigenvalue weighted by atomic mass is 17.2. The monoisotopic (exact) mass is 216 g/mol. The van der Waals surface area contributed by atoms with Crippen molar-refractivity contribution in [3.63, 3.8) is 0 Å². The average molecular weight is 216 g/mol. The van der Waals surface area contributed by atoms with Gasteiger partial charge in [-0.25, -0.2) is 9.78 Å². The molecule has 0 bridgehead atoms. The predicted molar refractivity (Wildman–Crippen MR) is 64.7 cm³/mol. The lowest BCUT2D eigenvalue weighted by molar-refractivity contribution is -0.313. The molecule has 0 aromatic heterocycles. The number of unbranched alkanes of at least 4 members (excludes halogenated alkanes) is 1. The second-order valence-electron chi connectivity index (χ2n) is 5.52. The molecule has 0 spiro atoms. The molecule has 0 aliphatic carbocycles. The first-order valence-electron chi connectivity index (χ1n) is 6.24. The lowest BCUT2D eigenvalue weighted by Gasteiger charge is -2.19. The van der Waals surface area contributed by atoms with Crippen molar-refractivity contribution in [2.75, 3.05) is 13.2 Å². The molecule has 0 saturated heterocycles. The van der Waals surface area contributed by atoms with Crippen LogP contribution in [0.25, 0.3) is 0 Å². The molecule has 0 aliphatic heterocycles. The maximum Gasteiger partial charge on any atom is 0.0870 e. The van der Waals surface area contributed by atoms with Gasteiger partial charge in [0.1, 0.15) is 0 Å². The topological polar surface area (TPSA) is 18.5 Å². The molecule has 2 nitrogen and oxygen atoms in total. The van der Waals surface area contributed by atoms with E-state index in [9.17, 15) is 0 Å². The van der Waals surface area contributed by atoms with Gasteiger partial charge >= 0.3 is 0 Å². The maximum atomic E-state index is 5.26. The van der Waals surface area contributed by atoms with E-state index in [-0.39, 0.29) is 5.41 Å². The average Bonchev–Trinajstić information content (AvgIpc) is 2.15. The zero-order chi connectivity index (χ0) is 11.7. The van der Waals surface area contributed by atoms with Gasteiger partial charge in [0.05, 0.1) is 13.2 Å². The zero-order valence-corrected chi connectivity index (χ0v) is 11.1. The molecular formula is C13H28O2. The van der Waals surface area contributed by atoms with Crippen LogP contribution >= 0.6 is 0 Å². The Bertz CT molecular complexity index is 138. The molecule has 0 saturated carbocycles. The molecule has 15 heavy (non-hydrogen) atoms. The van der Waals surface area contributed by atoms with Gasteiger partial charge in [-0.1, -0.05) is 53.9 Å². The number of hydrogen-bond acceptors (Lipinski definition) is 2. The normalized spacial score (nSPS) is 14.2. The summed E-state index contributed by atoms with van der Waals surface area (Å²) in [6.45, 7) is 12.3. The van der Waals surface area contributed by atoms with Crippen molar-refractivity contribution in [1.29, 1.82) is 0 Å². The van der Waals surface area contributed by atoms with Gasteiger partial charge < -0.3 is 0 Å². The first-order chi connectivity index (χ1) is 6.99. The Labute approximate surface area is 95.3 Å². The third kappa shape index (κ3) is 10.2. The van der Waals surface area contributed by atoms with E-state index in [2.05, 4.69) is 34.6 Å². The molecule has 0 aromatic rings. The van der Waals surface area contributed by atoms with E-state index in [4.69, 9.17) is 9.78 Å². The first kappa shape index (κ1) is 14.9. The molecule has 0 N–H and O–H groups in total. The fourth-order valence-corrected chi connectivity index (χ4v) is 1.26. The van der Waals surface area contributed by atoms with E-state index in [0.29, 0.717) is 12.5 Å². The summed E-state index contributed by atoms with van der Waals surface area (Å²) in [6.07, 6.45) is 4.99. The fourth-order valence-electron chi connectivity index (χ4n) is 1.26. The summed E-state index contributed by atoms with van der Waals surface area (Å²) in [5.74, 6) is 0.657. The minimum absolute atomic E-state index is 0.186. The molecule has 92 valence electrons. The summed E-state index contributed by atoms with van der Waals surface area (Å²) in [4.78, 5) is 10.5. The minimum atomic E-state index is 0.186. The Kier molecular flexibility index (Phi) is 8.07. The maximum absolute atomic E-state index is 5.26. The van der Waals surface area contributed by atoms with Crippen LogP contribution in [0.3, 0.4) is 0 Å². The second kappa shape index (κ2) is 8.12. The summed E-state index contributed by atoms with van der Waals surface area (Å²) < 4.78 is 0. The molecule has 0 radical (unpaired) electrons. The largest absolute Gasteiger partial charge is 0.236 e. The van der Waals surface area contributed by atoms with Crippen molar-refractivity contribution in [2.24, 2.45) is 11.3 Å². The van der Waals surface area contributed by atoms with Crippen LogP contribution < -0.4 is 0 Å². The Balaban J connectivity index is 3.46. The summed E-state index contributed by atoms with van der Waals surface area (Å²) in [5.41, 5.74) is 0.186. The highest BCUT2D eigenvalue weighted by Crippen LogP contribution is 2.15. The lowest BCUT2D eigenvalue weighted by Crippen LogP contribution is -2.17. The molecule has 0 aliphatic rings. The summed E-state index contributed by atoms with van der Waals surface area (Å²) in [6, 6.07) is 0. The van der Waals surface area contributed by atoms with Crippen LogP contribution in [-0.2, 0) is 9.78 Å². The zero-order valence-electron chi connectivity index (χ0n) is 11.1. The van der Waals surface area contributed by atoms with Crippen molar-refractivity contribution in [3.8, 4) is 0 Å². The quantitative estimate of drug-likeness (QED) is 0.344. The van der Waals surface area contributed by atoms with Crippen LogP contribution in [0.1, 0.15) is 60.3 Å². The Morgan fingerprint density at radius 3 is 2.20 bits per heavy atom. The SMILES string of the molecule is CCCCC(CC)COOCC(C)(C)C. The first-order valence-corrected chi connectivity index (χ1v) is 6.24. The Morgan fingerprint density at radius 1 is 1.07 bits per heavy atom. The lowest BCUT2D eigenvalue weighted by atomic mass is 9.99. The van der Waals surface area contributed by atoms with Crippen LogP contribution in [0.4, 0.5) is 0 Å². The van der Waals surface area contributed by atoms with Gasteiger partial charge in [-0.15, -0.1) is 0 Å². The number of hydrogen-bond donors (Lipinski definition) is 0. The van der Waals surface area contributed by atoms with Gasteiger partial charge in [0, 0.05) is 0 Å². The summed E-state index contributed by atoms with van der Waals surface area (Å²) in [7, 11) is 0. The fraction of sp³-hybridized carbons (Fsp3) is 1.00. The number of rotatable bonds is 8. The molecule has 0 fully saturated rings. The highest BCUT2D eigenvalue weighted by Gasteiger charge is 2.12. The highest BCUT2D eigenvalue weighted by molar-refractivity contribution is 4.58. The van der Waals surface area contributed by atoms with E-state index in [1.807, 2.05) is 0 Å². The van der Waals surface area contributed by atoms with E-state index in [0.717, 1.165) is 6.61 Å². The molecule has 0 heterocycles. The van der Waals surface area contributed by atoms with Gasteiger partial charge in [0.15, 0.2) is 0 Å². The molecule has 2 heteroatoms. The Morgan fingerprint density at radius 2 is 1.73 bits per heavy atom. The molecule has 0 aromatic carbocycles. The summed E-state index contributed by atoms with van der Waals surface area (Å²) >= 11 is 0. The summed E-state index contributed by atoms with van der Waals surface area (Å²) in [5, 5.41) is 0. The van der Waals surface area contributed by atoms with E-state index < -0.39 is 0 Å². The van der Waals surface area contributed by atoms with E-state index in [1.165, 1.54) is 25.7 Å². The van der Waals surface area contributed by atoms with Crippen LogP contribution in [0.15, 0.2) is 0 Å². The molecule has 1 atom stereocenters. The van der Waals surface area contributed by atoms with Crippen LogP contribution in [0, 0.1) is 11.3 Å². The van der Waals surface area contributed by atoms with Crippen molar-refractivity contribution < 1.29 is 9.78 Å². The minimum Gasteiger partial charge on any atom is -0.236 e. The third-order valence-electron chi connectivity index (χ3n) is 2.42. The van der Waals surface area contributed by atoms with E-state index in [1.54, 1.807) is 0 Å². The van der Waals surface area contributed by atoms with Crippen molar-refractivity contribution >= 4 is 0 Å². The Hall–Kier alpha value is -0.0800. The van der Waals surface area contributed by atoms with E-state index >= 15 is 0 Å². The van der Waals surface area contributed by atoms with Crippen LogP contribution in [-0.4, -0.2) is 13.2 Å². The third-order valence-corrected chi connectivity index (χ3v) is 2.42. The molecule has 0 amide bonds. The smallest absolute Gasteiger partial charge is 0.0870 e. The van der Waals surface area contributed by atoms with Crippen LogP contribution in [0.2, 0.25) is 0 Å². The van der Waals surface area contributed by atoms with Crippen molar-refractivity contribution in [3.05, 3.63) is 0 Å². The van der Waals surface area contributed by atoms with Gasteiger partial charge in [-0.3, -0.25) is 0 Å². The van der Waals surface area contributed by atoms with Crippen molar-refractivity contribution in [1.82, 2.24) is 0 Å². The second-order valence-corrected chi connectivity index (χ2v) is 5.52. The van der Waals surface area contributed by atoms with Gasteiger partial charge in [0.25, 0.3) is 0 Å². The van der Waals surface area contributed by atoms with Gasteiger partial charge in [-0.05, 0) is 17.8 Å². The predicted octanol–water partition coefficient (Wildman–Crippen LogP) is 4.20. The van der Waals surface area contributed by atoms with Crippen LogP contribution in [0.5, 0.6) is 0 Å². The molecule has 1 unspecified atom stereocenters.